The highest BCUT2D eigenvalue weighted by Crippen LogP contribution is 2.22. The second-order valence-electron chi connectivity index (χ2n) is 12.2. The molecule has 0 bridgehead atoms. The van der Waals surface area contributed by atoms with Crippen LogP contribution >= 0.6 is 0 Å². The van der Waals surface area contributed by atoms with Crippen LogP contribution in [0.3, 0.4) is 0 Å². The third-order valence-electron chi connectivity index (χ3n) is 7.06. The Bertz CT molecular complexity index is 574. The molecule has 1 saturated heterocycles. The summed E-state index contributed by atoms with van der Waals surface area (Å²) in [6, 6.07) is 0. The van der Waals surface area contributed by atoms with Crippen molar-refractivity contribution in [2.45, 2.75) is 161 Å². The number of esters is 1. The third kappa shape index (κ3) is 17.1. The van der Waals surface area contributed by atoms with Gasteiger partial charge in [-0.1, -0.05) is 103 Å². The van der Waals surface area contributed by atoms with Gasteiger partial charge in [0.2, 0.25) is 5.91 Å². The Morgan fingerprint density at radius 2 is 1.23 bits per heavy atom. The largest absolute Gasteiger partial charge is 0.466 e. The molecule has 1 rings (SSSR count). The average molecular weight is 495 g/mol. The van der Waals surface area contributed by atoms with E-state index in [1.807, 2.05) is 4.90 Å². The number of unbranched alkanes of at least 4 members (excludes halogenated alkanes) is 15. The van der Waals surface area contributed by atoms with E-state index in [4.69, 9.17) is 4.74 Å². The maximum Gasteiger partial charge on any atom is 0.307 e. The van der Waals surface area contributed by atoms with Gasteiger partial charge >= 0.3 is 5.97 Å². The molecule has 206 valence electrons. The van der Waals surface area contributed by atoms with Gasteiger partial charge in [-0.25, -0.2) is 0 Å². The number of hydrogen-bond acceptors (Lipinski definition) is 4. The number of nitrogens with one attached hydrogen (secondary N) is 1. The van der Waals surface area contributed by atoms with Gasteiger partial charge in [0, 0.05) is 30.6 Å². The summed E-state index contributed by atoms with van der Waals surface area (Å²) < 4.78 is 5.42. The molecular weight excluding hydrogens is 436 g/mol. The van der Waals surface area contributed by atoms with E-state index >= 15 is 0 Å². The van der Waals surface area contributed by atoms with Crippen LogP contribution in [0.15, 0.2) is 0 Å². The molecule has 0 spiro atoms. The molecule has 1 N–H and O–H groups in total. The molecule has 0 radical (unpaired) electrons. The Morgan fingerprint density at radius 1 is 0.771 bits per heavy atom. The highest BCUT2D eigenvalue weighted by Gasteiger charge is 2.37. The van der Waals surface area contributed by atoms with Gasteiger partial charge in [0.15, 0.2) is 0 Å². The van der Waals surface area contributed by atoms with Gasteiger partial charge < -0.3 is 15.0 Å². The Balaban J connectivity index is 1.94. The number of carbonyl (C=O) groups is 2. The molecule has 0 aromatic rings. The maximum atomic E-state index is 12.6. The van der Waals surface area contributed by atoms with Crippen molar-refractivity contribution in [2.24, 2.45) is 0 Å². The highest BCUT2D eigenvalue weighted by molar-refractivity contribution is 5.79. The molecule has 1 aliphatic heterocycles. The van der Waals surface area contributed by atoms with E-state index in [9.17, 15) is 9.59 Å². The lowest BCUT2D eigenvalue weighted by Gasteiger charge is -2.34. The van der Waals surface area contributed by atoms with E-state index in [-0.39, 0.29) is 29.4 Å². The summed E-state index contributed by atoms with van der Waals surface area (Å²) in [5, 5.41) is 3.55. The Kier molecular flexibility index (Phi) is 16.6. The van der Waals surface area contributed by atoms with Crippen molar-refractivity contribution in [2.75, 3.05) is 19.7 Å². The number of hydrogen-bond donors (Lipinski definition) is 1. The molecule has 0 aliphatic carbocycles. The van der Waals surface area contributed by atoms with Crippen LogP contribution in [0.25, 0.3) is 0 Å². The average Bonchev–Trinajstić information content (AvgIpc) is 2.85. The maximum absolute atomic E-state index is 12.6. The summed E-state index contributed by atoms with van der Waals surface area (Å²) in [5.41, 5.74) is -0.407. The standard InChI is InChI=1S/C30H58N2O3/c1-6-7-8-9-10-11-12-13-14-15-16-17-18-19-20-21-24-35-28(34)22-23-32-26-30(4,5)31-29(2,3)25-27(32)33/h31H,6-26H2,1-5H3. The Morgan fingerprint density at radius 3 is 1.71 bits per heavy atom. The Hall–Kier alpha value is -1.10. The van der Waals surface area contributed by atoms with Gasteiger partial charge in [0.05, 0.1) is 13.0 Å². The van der Waals surface area contributed by atoms with Crippen LogP contribution in [0.2, 0.25) is 0 Å². The quantitative estimate of drug-likeness (QED) is 0.140. The van der Waals surface area contributed by atoms with Crippen molar-refractivity contribution in [3.63, 3.8) is 0 Å². The first-order valence-corrected chi connectivity index (χ1v) is 14.9. The summed E-state index contributed by atoms with van der Waals surface area (Å²) in [7, 11) is 0. The summed E-state index contributed by atoms with van der Waals surface area (Å²) in [6.45, 7) is 12.2. The van der Waals surface area contributed by atoms with Crippen molar-refractivity contribution in [3.8, 4) is 0 Å². The van der Waals surface area contributed by atoms with Gasteiger partial charge in [-0.15, -0.1) is 0 Å². The molecular formula is C30H58N2O3. The van der Waals surface area contributed by atoms with Crippen molar-refractivity contribution < 1.29 is 14.3 Å². The lowest BCUT2D eigenvalue weighted by molar-refractivity contribution is -0.144. The molecule has 1 heterocycles. The molecule has 35 heavy (non-hydrogen) atoms. The fraction of sp³-hybridized carbons (Fsp3) is 0.933. The molecule has 1 aliphatic rings. The molecule has 1 amide bonds. The summed E-state index contributed by atoms with van der Waals surface area (Å²) in [5.74, 6) is -0.0771. The first kappa shape index (κ1) is 31.9. The SMILES string of the molecule is CCCCCCCCCCCCCCCCCCOC(=O)CCN1CC(C)(C)NC(C)(C)CC1=O. The predicted molar refractivity (Wildman–Crippen MR) is 148 cm³/mol. The number of rotatable bonds is 20. The van der Waals surface area contributed by atoms with Gasteiger partial charge in [0.1, 0.15) is 0 Å². The first-order valence-electron chi connectivity index (χ1n) is 14.9. The lowest BCUT2D eigenvalue weighted by Crippen LogP contribution is -2.53. The molecule has 5 heteroatoms. The van der Waals surface area contributed by atoms with E-state index < -0.39 is 0 Å². The minimum absolute atomic E-state index is 0.110. The van der Waals surface area contributed by atoms with Crippen LogP contribution < -0.4 is 5.32 Å². The van der Waals surface area contributed by atoms with Crippen LogP contribution in [0.5, 0.6) is 0 Å². The number of carbonyl (C=O) groups excluding carboxylic acids is 2. The zero-order valence-corrected chi connectivity index (χ0v) is 24.0. The molecule has 5 nitrogen and oxygen atoms in total. The number of ether oxygens (including phenoxy) is 1. The highest BCUT2D eigenvalue weighted by atomic mass is 16.5. The Labute approximate surface area is 217 Å². The van der Waals surface area contributed by atoms with Crippen molar-refractivity contribution in [3.05, 3.63) is 0 Å². The molecule has 0 atom stereocenters. The topological polar surface area (TPSA) is 58.6 Å². The minimum atomic E-state index is -0.233. The van der Waals surface area contributed by atoms with Crippen molar-refractivity contribution in [1.29, 1.82) is 0 Å². The molecule has 0 aromatic carbocycles. The van der Waals surface area contributed by atoms with Crippen LogP contribution in [0.4, 0.5) is 0 Å². The van der Waals surface area contributed by atoms with E-state index in [1.54, 1.807) is 0 Å². The fourth-order valence-electron chi connectivity index (χ4n) is 5.39. The van der Waals surface area contributed by atoms with Crippen LogP contribution in [0.1, 0.15) is 150 Å². The third-order valence-corrected chi connectivity index (χ3v) is 7.06. The van der Waals surface area contributed by atoms with E-state index in [0.29, 0.717) is 26.1 Å². The number of nitrogens with zero attached hydrogens (tertiary/aromatic N) is 1. The van der Waals surface area contributed by atoms with Gasteiger partial charge in [-0.05, 0) is 34.1 Å². The van der Waals surface area contributed by atoms with E-state index in [2.05, 4.69) is 39.9 Å². The smallest absolute Gasteiger partial charge is 0.307 e. The summed E-state index contributed by atoms with van der Waals surface area (Å²) in [6.07, 6.45) is 22.1. The predicted octanol–water partition coefficient (Wildman–Crippen LogP) is 7.56. The van der Waals surface area contributed by atoms with Crippen LogP contribution in [-0.2, 0) is 14.3 Å². The van der Waals surface area contributed by atoms with E-state index in [1.165, 1.54) is 89.9 Å². The van der Waals surface area contributed by atoms with Crippen LogP contribution in [0, 0.1) is 0 Å². The second-order valence-corrected chi connectivity index (χ2v) is 12.2. The van der Waals surface area contributed by atoms with E-state index in [0.717, 1.165) is 12.8 Å². The molecule has 1 fully saturated rings. The fourth-order valence-corrected chi connectivity index (χ4v) is 5.39. The second kappa shape index (κ2) is 18.2. The molecule has 0 aromatic heterocycles. The van der Waals surface area contributed by atoms with Gasteiger partial charge in [0.25, 0.3) is 0 Å². The van der Waals surface area contributed by atoms with Gasteiger partial charge in [-0.3, -0.25) is 9.59 Å². The first-order chi connectivity index (χ1) is 16.7. The van der Waals surface area contributed by atoms with Crippen LogP contribution in [-0.4, -0.2) is 47.6 Å². The zero-order valence-electron chi connectivity index (χ0n) is 24.0. The monoisotopic (exact) mass is 494 g/mol. The summed E-state index contributed by atoms with van der Waals surface area (Å²) >= 11 is 0. The lowest BCUT2D eigenvalue weighted by atomic mass is 9.96. The van der Waals surface area contributed by atoms with Crippen molar-refractivity contribution in [1.82, 2.24) is 10.2 Å². The minimum Gasteiger partial charge on any atom is -0.466 e. The van der Waals surface area contributed by atoms with Gasteiger partial charge in [-0.2, -0.15) is 0 Å². The number of amides is 1. The molecule has 0 unspecified atom stereocenters. The zero-order chi connectivity index (χ0) is 26.0. The normalized spacial score (nSPS) is 17.4. The summed E-state index contributed by atoms with van der Waals surface area (Å²) in [4.78, 5) is 26.6. The van der Waals surface area contributed by atoms with Crippen molar-refractivity contribution >= 4 is 11.9 Å². The molecule has 0 saturated carbocycles.